The number of hydrogen-bond donors (Lipinski definition) is 0. The van der Waals surface area contributed by atoms with Crippen LogP contribution in [0.5, 0.6) is 0 Å². The van der Waals surface area contributed by atoms with Gasteiger partial charge in [0.25, 0.3) is 5.56 Å². The van der Waals surface area contributed by atoms with E-state index in [0.29, 0.717) is 26.7 Å². The van der Waals surface area contributed by atoms with E-state index >= 15 is 0 Å². The second-order valence-electron chi connectivity index (χ2n) is 5.44. The smallest absolute Gasteiger partial charge is 0.281 e. The molecule has 0 spiro atoms. The zero-order chi connectivity index (χ0) is 18.1. The van der Waals surface area contributed by atoms with Crippen LogP contribution in [0.25, 0.3) is 16.6 Å². The SMILES string of the molecule is O=c1ncn2nc(Sc3ccccc3)ccc2c1-c1c(Cl)cccc1Cl.[CH3-].[V]. The summed E-state index contributed by atoms with van der Waals surface area (Å²) in [4.78, 5) is 17.4. The number of benzene rings is 2. The van der Waals surface area contributed by atoms with Gasteiger partial charge in [0.05, 0.1) is 21.1 Å². The van der Waals surface area contributed by atoms with Crippen LogP contribution < -0.4 is 5.56 Å². The van der Waals surface area contributed by atoms with Gasteiger partial charge < -0.3 is 7.43 Å². The van der Waals surface area contributed by atoms with Gasteiger partial charge in [0.15, 0.2) is 0 Å². The molecule has 0 unspecified atom stereocenters. The summed E-state index contributed by atoms with van der Waals surface area (Å²) in [6, 6.07) is 18.7. The van der Waals surface area contributed by atoms with Crippen LogP contribution in [-0.4, -0.2) is 14.6 Å². The Morgan fingerprint density at radius 1 is 0.857 bits per heavy atom. The molecule has 0 bridgehead atoms. The molecule has 0 saturated heterocycles. The van der Waals surface area contributed by atoms with E-state index in [-0.39, 0.29) is 26.0 Å². The van der Waals surface area contributed by atoms with Crippen LogP contribution >= 0.6 is 35.0 Å². The first-order valence-electron chi connectivity index (χ1n) is 7.69. The van der Waals surface area contributed by atoms with Crippen LogP contribution in [0.3, 0.4) is 0 Å². The van der Waals surface area contributed by atoms with Crippen molar-refractivity contribution in [1.29, 1.82) is 0 Å². The van der Waals surface area contributed by atoms with Crippen LogP contribution in [-0.2, 0) is 18.6 Å². The van der Waals surface area contributed by atoms with E-state index in [1.165, 1.54) is 18.1 Å². The van der Waals surface area contributed by atoms with E-state index < -0.39 is 5.56 Å². The van der Waals surface area contributed by atoms with Crippen molar-refractivity contribution in [3.8, 4) is 11.1 Å². The van der Waals surface area contributed by atoms with Crippen molar-refractivity contribution < 1.29 is 18.6 Å². The molecule has 2 aromatic heterocycles. The van der Waals surface area contributed by atoms with Crippen molar-refractivity contribution >= 4 is 40.5 Å². The number of halogens is 2. The van der Waals surface area contributed by atoms with Crippen LogP contribution in [0, 0.1) is 7.43 Å². The average molecular weight is 466 g/mol. The van der Waals surface area contributed by atoms with Crippen molar-refractivity contribution in [2.24, 2.45) is 0 Å². The predicted octanol–water partition coefficient (Wildman–Crippen LogP) is 5.66. The Morgan fingerprint density at radius 3 is 2.21 bits per heavy atom. The van der Waals surface area contributed by atoms with Crippen molar-refractivity contribution in [2.45, 2.75) is 9.92 Å². The molecule has 0 amide bonds. The Bertz CT molecular complexity index is 1150. The molecule has 4 aromatic rings. The molecule has 2 aromatic carbocycles. The minimum Gasteiger partial charge on any atom is -0.358 e. The zero-order valence-corrected chi connectivity index (χ0v) is 18.4. The monoisotopic (exact) mass is 465 g/mol. The van der Waals surface area contributed by atoms with Gasteiger partial charge in [-0.05, 0) is 36.4 Å². The first kappa shape index (κ1) is 22.5. The number of fused-ring (bicyclic) bond motifs is 1. The minimum absolute atomic E-state index is 0. The first-order valence-corrected chi connectivity index (χ1v) is 9.27. The van der Waals surface area contributed by atoms with E-state index in [4.69, 9.17) is 23.2 Å². The Morgan fingerprint density at radius 2 is 1.54 bits per heavy atom. The van der Waals surface area contributed by atoms with Crippen molar-refractivity contribution in [3.63, 3.8) is 0 Å². The van der Waals surface area contributed by atoms with Crippen molar-refractivity contribution in [1.82, 2.24) is 14.6 Å². The van der Waals surface area contributed by atoms with Crippen molar-refractivity contribution in [3.05, 3.63) is 94.8 Å². The summed E-state index contributed by atoms with van der Waals surface area (Å²) in [6.45, 7) is 0. The standard InChI is InChI=1S/C19H11Cl2N3OS.CH3.V/c20-13-7-4-8-14(21)17(13)18-15-9-10-16(23-24(15)11-22-19(18)25)26-12-5-2-1-3-6-12;;/h1-11H;1H3;/q;-1;. The van der Waals surface area contributed by atoms with Gasteiger partial charge in [0, 0.05) is 29.0 Å². The van der Waals surface area contributed by atoms with Gasteiger partial charge >= 0.3 is 0 Å². The minimum atomic E-state index is -0.398. The quantitative estimate of drug-likeness (QED) is 0.366. The largest absolute Gasteiger partial charge is 0.358 e. The third-order valence-corrected chi connectivity index (χ3v) is 5.33. The molecule has 0 fully saturated rings. The van der Waals surface area contributed by atoms with Gasteiger partial charge in [-0.1, -0.05) is 59.2 Å². The molecular formula is C20H14Cl2N3OSV-. The maximum atomic E-state index is 12.4. The second-order valence-corrected chi connectivity index (χ2v) is 7.35. The predicted molar refractivity (Wildman–Crippen MR) is 112 cm³/mol. The van der Waals surface area contributed by atoms with Gasteiger partial charge in [-0.3, -0.25) is 4.79 Å². The van der Waals surface area contributed by atoms with E-state index in [1.807, 2.05) is 42.5 Å². The second kappa shape index (κ2) is 9.63. The van der Waals surface area contributed by atoms with Crippen LogP contribution in [0.1, 0.15) is 0 Å². The van der Waals surface area contributed by atoms with E-state index in [2.05, 4.69) is 10.1 Å². The van der Waals surface area contributed by atoms with Crippen LogP contribution in [0.4, 0.5) is 0 Å². The first-order chi connectivity index (χ1) is 12.6. The number of nitrogens with zero attached hydrogens (tertiary/aromatic N) is 3. The molecule has 0 saturated carbocycles. The summed E-state index contributed by atoms with van der Waals surface area (Å²) < 4.78 is 1.57. The molecule has 2 heterocycles. The molecule has 1 radical (unpaired) electrons. The third-order valence-electron chi connectivity index (χ3n) is 3.77. The number of rotatable bonds is 3. The fourth-order valence-corrected chi connectivity index (χ4v) is 4.01. The Kier molecular flexibility index (Phi) is 7.75. The van der Waals surface area contributed by atoms with Crippen molar-refractivity contribution in [2.75, 3.05) is 0 Å². The zero-order valence-electron chi connectivity index (χ0n) is 14.7. The number of hydrogen-bond acceptors (Lipinski definition) is 4. The Balaban J connectivity index is 0.00000140. The molecule has 0 aliphatic rings. The van der Waals surface area contributed by atoms with Crippen LogP contribution in [0.15, 0.2) is 81.7 Å². The Hall–Kier alpha value is -1.76. The molecular weight excluding hydrogens is 452 g/mol. The van der Waals surface area contributed by atoms with Gasteiger partial charge in [0.2, 0.25) is 0 Å². The fraction of sp³-hybridized carbons (Fsp3) is 0. The molecule has 141 valence electrons. The third kappa shape index (κ3) is 4.45. The summed E-state index contributed by atoms with van der Waals surface area (Å²) >= 11 is 14.1. The Labute approximate surface area is 188 Å². The van der Waals surface area contributed by atoms with E-state index in [9.17, 15) is 4.79 Å². The van der Waals surface area contributed by atoms with Crippen LogP contribution in [0.2, 0.25) is 10.0 Å². The number of aromatic nitrogens is 3. The molecule has 0 aliphatic heterocycles. The average Bonchev–Trinajstić information content (AvgIpc) is 2.64. The van der Waals surface area contributed by atoms with E-state index in [1.54, 1.807) is 22.7 Å². The fourth-order valence-electron chi connectivity index (χ4n) is 2.62. The summed E-state index contributed by atoms with van der Waals surface area (Å²) in [5.41, 5.74) is 1.01. The van der Waals surface area contributed by atoms with Gasteiger partial charge in [-0.2, -0.15) is 10.1 Å². The molecule has 0 N–H and O–H groups in total. The topological polar surface area (TPSA) is 47.3 Å². The summed E-state index contributed by atoms with van der Waals surface area (Å²) in [5, 5.41) is 6.12. The maximum Gasteiger partial charge on any atom is 0.281 e. The molecule has 0 atom stereocenters. The molecule has 0 aliphatic carbocycles. The molecule has 8 heteroatoms. The molecule has 4 rings (SSSR count). The molecule has 4 nitrogen and oxygen atoms in total. The van der Waals surface area contributed by atoms with E-state index in [0.717, 1.165) is 9.92 Å². The maximum absolute atomic E-state index is 12.4. The molecule has 28 heavy (non-hydrogen) atoms. The summed E-state index contributed by atoms with van der Waals surface area (Å²) in [5.74, 6) is 0. The summed E-state index contributed by atoms with van der Waals surface area (Å²) in [7, 11) is 0. The normalized spacial score (nSPS) is 10.2. The summed E-state index contributed by atoms with van der Waals surface area (Å²) in [6.07, 6.45) is 1.40. The van der Waals surface area contributed by atoms with Gasteiger partial charge in [-0.25, -0.2) is 4.52 Å². The van der Waals surface area contributed by atoms with Gasteiger partial charge in [-0.15, -0.1) is 0 Å². The van der Waals surface area contributed by atoms with Gasteiger partial charge in [0.1, 0.15) is 11.4 Å².